The van der Waals surface area contributed by atoms with E-state index in [-0.39, 0.29) is 5.91 Å². The SMILES string of the molecule is Cc1cc(C(=O)NCCNc2ccc(Nc3ccncc3)nn2)c(C)o1. The van der Waals surface area contributed by atoms with Crippen LogP contribution < -0.4 is 16.0 Å². The lowest BCUT2D eigenvalue weighted by Crippen LogP contribution is -2.29. The van der Waals surface area contributed by atoms with Gasteiger partial charge in [-0.2, -0.15) is 0 Å². The fourth-order valence-electron chi connectivity index (χ4n) is 2.39. The van der Waals surface area contributed by atoms with Gasteiger partial charge in [-0.3, -0.25) is 9.78 Å². The number of hydrogen-bond donors (Lipinski definition) is 3. The van der Waals surface area contributed by atoms with Crippen molar-refractivity contribution in [3.05, 3.63) is 59.8 Å². The molecular formula is C18H20N6O2. The molecule has 8 nitrogen and oxygen atoms in total. The highest BCUT2D eigenvalue weighted by Crippen LogP contribution is 2.14. The summed E-state index contributed by atoms with van der Waals surface area (Å²) in [5.41, 5.74) is 1.45. The molecule has 3 rings (SSSR count). The summed E-state index contributed by atoms with van der Waals surface area (Å²) in [7, 11) is 0. The van der Waals surface area contributed by atoms with Gasteiger partial charge < -0.3 is 20.4 Å². The Morgan fingerprint density at radius 1 is 1.04 bits per heavy atom. The van der Waals surface area contributed by atoms with Crippen molar-refractivity contribution in [2.45, 2.75) is 13.8 Å². The van der Waals surface area contributed by atoms with E-state index in [4.69, 9.17) is 4.42 Å². The van der Waals surface area contributed by atoms with Gasteiger partial charge in [-0.15, -0.1) is 10.2 Å². The van der Waals surface area contributed by atoms with Gasteiger partial charge in [-0.25, -0.2) is 0 Å². The molecule has 1 amide bonds. The molecule has 8 heteroatoms. The number of amides is 1. The van der Waals surface area contributed by atoms with Crippen LogP contribution in [0, 0.1) is 13.8 Å². The molecule has 3 heterocycles. The van der Waals surface area contributed by atoms with Crippen LogP contribution in [0.25, 0.3) is 0 Å². The van der Waals surface area contributed by atoms with Gasteiger partial charge in [0.2, 0.25) is 0 Å². The van der Waals surface area contributed by atoms with Crippen LogP contribution in [0.5, 0.6) is 0 Å². The van der Waals surface area contributed by atoms with Crippen LogP contribution in [0.3, 0.4) is 0 Å². The number of rotatable bonds is 7. The van der Waals surface area contributed by atoms with Crippen LogP contribution >= 0.6 is 0 Å². The molecule has 26 heavy (non-hydrogen) atoms. The summed E-state index contributed by atoms with van der Waals surface area (Å²) >= 11 is 0. The zero-order valence-corrected chi connectivity index (χ0v) is 14.6. The molecule has 0 aliphatic rings. The van der Waals surface area contributed by atoms with E-state index in [1.54, 1.807) is 25.4 Å². The Morgan fingerprint density at radius 2 is 1.77 bits per heavy atom. The summed E-state index contributed by atoms with van der Waals surface area (Å²) in [4.78, 5) is 16.0. The molecule has 0 bridgehead atoms. The molecule has 0 spiro atoms. The lowest BCUT2D eigenvalue weighted by molar-refractivity contribution is 0.0953. The first-order valence-corrected chi connectivity index (χ1v) is 8.22. The zero-order valence-electron chi connectivity index (χ0n) is 14.6. The number of pyridine rings is 1. The first kappa shape index (κ1) is 17.4. The number of furan rings is 1. The number of hydrogen-bond acceptors (Lipinski definition) is 7. The maximum atomic E-state index is 12.1. The molecule has 0 unspecified atom stereocenters. The Hall–Kier alpha value is -3.42. The zero-order chi connectivity index (χ0) is 18.4. The maximum Gasteiger partial charge on any atom is 0.254 e. The van der Waals surface area contributed by atoms with Gasteiger partial charge in [0.05, 0.1) is 5.56 Å². The van der Waals surface area contributed by atoms with Crippen LogP contribution in [-0.2, 0) is 0 Å². The molecule has 0 aromatic carbocycles. The second-order valence-corrected chi connectivity index (χ2v) is 5.67. The fraction of sp³-hybridized carbons (Fsp3) is 0.222. The quantitative estimate of drug-likeness (QED) is 0.561. The van der Waals surface area contributed by atoms with Gasteiger partial charge in [0, 0.05) is 31.2 Å². The smallest absolute Gasteiger partial charge is 0.254 e. The van der Waals surface area contributed by atoms with Crippen LogP contribution in [0.2, 0.25) is 0 Å². The number of nitrogens with one attached hydrogen (secondary N) is 3. The lowest BCUT2D eigenvalue weighted by Gasteiger charge is -2.08. The fourth-order valence-corrected chi connectivity index (χ4v) is 2.39. The number of carbonyl (C=O) groups excluding carboxylic acids is 1. The molecule has 3 N–H and O–H groups in total. The van der Waals surface area contributed by atoms with Crippen molar-refractivity contribution in [2.24, 2.45) is 0 Å². The normalized spacial score (nSPS) is 10.4. The minimum absolute atomic E-state index is 0.149. The van der Waals surface area contributed by atoms with E-state index in [2.05, 4.69) is 31.1 Å². The third kappa shape index (κ3) is 4.56. The number of nitrogens with zero attached hydrogens (tertiary/aromatic N) is 3. The summed E-state index contributed by atoms with van der Waals surface area (Å²) in [6.45, 7) is 4.59. The summed E-state index contributed by atoms with van der Waals surface area (Å²) in [5, 5.41) is 17.3. The van der Waals surface area contributed by atoms with Gasteiger partial charge >= 0.3 is 0 Å². The highest BCUT2D eigenvalue weighted by atomic mass is 16.3. The molecule has 0 fully saturated rings. The highest BCUT2D eigenvalue weighted by molar-refractivity contribution is 5.95. The van der Waals surface area contributed by atoms with E-state index in [9.17, 15) is 4.79 Å². The summed E-state index contributed by atoms with van der Waals surface area (Å²) in [5.74, 6) is 2.47. The third-order valence-corrected chi connectivity index (χ3v) is 3.62. The summed E-state index contributed by atoms with van der Waals surface area (Å²) < 4.78 is 5.36. The van der Waals surface area contributed by atoms with E-state index in [1.807, 2.05) is 31.2 Å². The molecule has 0 saturated carbocycles. The number of aryl methyl sites for hydroxylation is 2. The maximum absolute atomic E-state index is 12.1. The van der Waals surface area contributed by atoms with E-state index >= 15 is 0 Å². The van der Waals surface area contributed by atoms with Crippen molar-refractivity contribution in [1.29, 1.82) is 0 Å². The number of carbonyl (C=O) groups is 1. The summed E-state index contributed by atoms with van der Waals surface area (Å²) in [6.07, 6.45) is 3.40. The third-order valence-electron chi connectivity index (χ3n) is 3.62. The predicted molar refractivity (Wildman–Crippen MR) is 98.6 cm³/mol. The van der Waals surface area contributed by atoms with E-state index in [1.165, 1.54) is 0 Å². The minimum Gasteiger partial charge on any atom is -0.466 e. The molecule has 0 saturated heterocycles. The van der Waals surface area contributed by atoms with Crippen LogP contribution in [-0.4, -0.2) is 34.2 Å². The number of aromatic nitrogens is 3. The van der Waals surface area contributed by atoms with Gasteiger partial charge in [-0.1, -0.05) is 0 Å². The molecule has 0 aliphatic heterocycles. The van der Waals surface area contributed by atoms with Crippen LogP contribution in [0.4, 0.5) is 17.3 Å². The van der Waals surface area contributed by atoms with Gasteiger partial charge in [-0.05, 0) is 44.2 Å². The Bertz CT molecular complexity index is 861. The molecule has 0 atom stereocenters. The van der Waals surface area contributed by atoms with Crippen molar-refractivity contribution in [1.82, 2.24) is 20.5 Å². The Balaban J connectivity index is 1.43. The minimum atomic E-state index is -0.149. The van der Waals surface area contributed by atoms with E-state index in [0.717, 1.165) is 11.4 Å². The average molecular weight is 352 g/mol. The van der Waals surface area contributed by atoms with Gasteiger partial charge in [0.25, 0.3) is 5.91 Å². The predicted octanol–water partition coefficient (Wildman–Crippen LogP) is 2.67. The first-order chi connectivity index (χ1) is 12.6. The van der Waals surface area contributed by atoms with E-state index in [0.29, 0.717) is 36.0 Å². The first-order valence-electron chi connectivity index (χ1n) is 8.22. The monoisotopic (exact) mass is 352 g/mol. The van der Waals surface area contributed by atoms with Crippen molar-refractivity contribution < 1.29 is 9.21 Å². The largest absolute Gasteiger partial charge is 0.466 e. The van der Waals surface area contributed by atoms with Gasteiger partial charge in [0.1, 0.15) is 17.3 Å². The summed E-state index contributed by atoms with van der Waals surface area (Å²) in [6, 6.07) is 9.07. The van der Waals surface area contributed by atoms with Crippen LogP contribution in [0.1, 0.15) is 21.9 Å². The molecule has 0 radical (unpaired) electrons. The standard InChI is InChI=1S/C18H20N6O2/c1-12-11-15(13(2)26-12)18(25)21-10-9-20-16-3-4-17(24-23-16)22-14-5-7-19-8-6-14/h3-8,11H,9-10H2,1-2H3,(H,20,23)(H,21,25)(H,19,22,24). The Kier molecular flexibility index (Phi) is 5.43. The van der Waals surface area contributed by atoms with Crippen LogP contribution in [0.15, 0.2) is 47.1 Å². The second-order valence-electron chi connectivity index (χ2n) is 5.67. The Morgan fingerprint density at radius 3 is 2.42 bits per heavy atom. The van der Waals surface area contributed by atoms with Crippen molar-refractivity contribution in [3.8, 4) is 0 Å². The molecule has 0 aliphatic carbocycles. The topological polar surface area (TPSA) is 105 Å². The highest BCUT2D eigenvalue weighted by Gasteiger charge is 2.12. The Labute approximate surface area is 151 Å². The van der Waals surface area contributed by atoms with E-state index < -0.39 is 0 Å². The second kappa shape index (κ2) is 8.11. The van der Waals surface area contributed by atoms with Crippen molar-refractivity contribution in [2.75, 3.05) is 23.7 Å². The molecular weight excluding hydrogens is 332 g/mol. The van der Waals surface area contributed by atoms with Gasteiger partial charge in [0.15, 0.2) is 5.82 Å². The van der Waals surface area contributed by atoms with Crippen molar-refractivity contribution in [3.63, 3.8) is 0 Å². The molecule has 134 valence electrons. The average Bonchev–Trinajstić information content (AvgIpc) is 2.99. The molecule has 3 aromatic rings. The van der Waals surface area contributed by atoms with Crippen molar-refractivity contribution >= 4 is 23.2 Å². The lowest BCUT2D eigenvalue weighted by atomic mass is 10.2. The molecule has 3 aromatic heterocycles. The number of anilines is 3.